The van der Waals surface area contributed by atoms with Gasteiger partial charge in [-0.05, 0) is 11.6 Å². The minimum Gasteiger partial charge on any atom is -0.380 e. The number of aldehydes is 2. The lowest BCUT2D eigenvalue weighted by Crippen LogP contribution is -1.96. The minimum atomic E-state index is 0.382. The highest BCUT2D eigenvalue weighted by Crippen LogP contribution is 2.09. The first kappa shape index (κ1) is 9.61. The molecule has 0 atom stereocenters. The van der Waals surface area contributed by atoms with Gasteiger partial charge in [0, 0.05) is 18.2 Å². The summed E-state index contributed by atoms with van der Waals surface area (Å²) in [5, 5.41) is 0. The number of methoxy groups -OCH3 is 1. The third-order valence-electron chi connectivity index (χ3n) is 1.73. The molecule has 0 heterocycles. The zero-order valence-corrected chi connectivity index (χ0v) is 7.32. The molecule has 0 aliphatic heterocycles. The Balaban J connectivity index is 3.07. The number of hydrogen-bond acceptors (Lipinski definition) is 3. The highest BCUT2D eigenvalue weighted by molar-refractivity contribution is 5.83. The predicted molar refractivity (Wildman–Crippen MR) is 47.9 cm³/mol. The first-order valence-corrected chi connectivity index (χ1v) is 3.84. The van der Waals surface area contributed by atoms with Crippen molar-refractivity contribution in [3.05, 3.63) is 34.9 Å². The number of benzene rings is 1. The molecule has 13 heavy (non-hydrogen) atoms. The third-order valence-corrected chi connectivity index (χ3v) is 1.73. The van der Waals surface area contributed by atoms with Crippen LogP contribution in [0.15, 0.2) is 18.2 Å². The maximum Gasteiger partial charge on any atom is 0.150 e. The molecule has 0 N–H and O–H groups in total. The summed E-state index contributed by atoms with van der Waals surface area (Å²) in [5.74, 6) is 0. The molecule has 0 aromatic heterocycles. The van der Waals surface area contributed by atoms with Crippen LogP contribution in [0.1, 0.15) is 26.3 Å². The minimum absolute atomic E-state index is 0.382. The Hall–Kier alpha value is -1.48. The van der Waals surface area contributed by atoms with Gasteiger partial charge in [-0.2, -0.15) is 0 Å². The summed E-state index contributed by atoms with van der Waals surface area (Å²) in [6.45, 7) is 0.382. The molecule has 0 saturated carbocycles. The zero-order chi connectivity index (χ0) is 9.68. The molecule has 0 radical (unpaired) electrons. The van der Waals surface area contributed by atoms with Crippen LogP contribution in [-0.4, -0.2) is 19.7 Å². The van der Waals surface area contributed by atoms with Gasteiger partial charge in [-0.25, -0.2) is 0 Å². The van der Waals surface area contributed by atoms with Gasteiger partial charge in [0.1, 0.15) is 12.6 Å². The van der Waals surface area contributed by atoms with Crippen molar-refractivity contribution in [1.82, 2.24) is 0 Å². The Bertz CT molecular complexity index is 318. The molecule has 0 unspecified atom stereocenters. The van der Waals surface area contributed by atoms with E-state index in [2.05, 4.69) is 0 Å². The molecule has 0 aliphatic carbocycles. The van der Waals surface area contributed by atoms with Crippen molar-refractivity contribution in [2.24, 2.45) is 0 Å². The van der Waals surface area contributed by atoms with E-state index in [1.807, 2.05) is 0 Å². The van der Waals surface area contributed by atoms with Crippen LogP contribution in [0.5, 0.6) is 0 Å². The Labute approximate surface area is 76.3 Å². The van der Waals surface area contributed by atoms with Crippen molar-refractivity contribution < 1.29 is 14.3 Å². The molecule has 1 aromatic carbocycles. The van der Waals surface area contributed by atoms with Crippen molar-refractivity contribution in [3.8, 4) is 0 Å². The van der Waals surface area contributed by atoms with E-state index in [-0.39, 0.29) is 0 Å². The summed E-state index contributed by atoms with van der Waals surface area (Å²) in [5.41, 5.74) is 1.80. The number of carbonyl (C=O) groups is 2. The summed E-state index contributed by atoms with van der Waals surface area (Å²) in [6.07, 6.45) is 1.44. The fraction of sp³-hybridized carbons (Fsp3) is 0.200. The Morgan fingerprint density at radius 1 is 1.31 bits per heavy atom. The number of hydrogen-bond donors (Lipinski definition) is 0. The van der Waals surface area contributed by atoms with Gasteiger partial charge in [-0.15, -0.1) is 0 Å². The van der Waals surface area contributed by atoms with Crippen LogP contribution >= 0.6 is 0 Å². The number of ether oxygens (including phenoxy) is 1. The maximum absolute atomic E-state index is 10.6. The molecule has 0 amide bonds. The van der Waals surface area contributed by atoms with Gasteiger partial charge in [0.15, 0.2) is 0 Å². The molecule has 3 nitrogen and oxygen atoms in total. The van der Waals surface area contributed by atoms with Crippen LogP contribution in [0.25, 0.3) is 0 Å². The topological polar surface area (TPSA) is 43.4 Å². The molecular weight excluding hydrogens is 168 g/mol. The lowest BCUT2D eigenvalue weighted by Gasteiger charge is -2.03. The maximum atomic E-state index is 10.6. The van der Waals surface area contributed by atoms with E-state index in [1.165, 1.54) is 0 Å². The van der Waals surface area contributed by atoms with Gasteiger partial charge in [0.2, 0.25) is 0 Å². The van der Waals surface area contributed by atoms with Crippen molar-refractivity contribution in [2.45, 2.75) is 6.61 Å². The van der Waals surface area contributed by atoms with Gasteiger partial charge in [-0.1, -0.05) is 12.1 Å². The van der Waals surface area contributed by atoms with E-state index in [1.54, 1.807) is 25.3 Å². The first-order chi connectivity index (χ1) is 6.31. The molecule has 0 spiro atoms. The summed E-state index contributed by atoms with van der Waals surface area (Å²) < 4.78 is 4.90. The van der Waals surface area contributed by atoms with Crippen LogP contribution in [-0.2, 0) is 11.3 Å². The van der Waals surface area contributed by atoms with Gasteiger partial charge in [0.25, 0.3) is 0 Å². The average Bonchev–Trinajstić information content (AvgIpc) is 2.19. The van der Waals surface area contributed by atoms with Crippen LogP contribution in [0, 0.1) is 0 Å². The molecule has 0 saturated heterocycles. The van der Waals surface area contributed by atoms with Gasteiger partial charge >= 0.3 is 0 Å². The summed E-state index contributed by atoms with van der Waals surface area (Å²) in [7, 11) is 1.56. The summed E-state index contributed by atoms with van der Waals surface area (Å²) >= 11 is 0. The molecule has 3 heteroatoms. The standard InChI is InChI=1S/C10H10O3/c1-13-7-9-3-2-8(5-11)4-10(9)6-12/h2-6H,7H2,1H3. The fourth-order valence-electron chi connectivity index (χ4n) is 1.08. The normalized spacial score (nSPS) is 9.62. The zero-order valence-electron chi connectivity index (χ0n) is 7.32. The number of carbonyl (C=O) groups excluding carboxylic acids is 2. The second-order valence-corrected chi connectivity index (χ2v) is 2.63. The molecule has 0 bridgehead atoms. The Morgan fingerprint density at radius 2 is 2.08 bits per heavy atom. The average molecular weight is 178 g/mol. The van der Waals surface area contributed by atoms with E-state index >= 15 is 0 Å². The van der Waals surface area contributed by atoms with E-state index in [0.29, 0.717) is 24.0 Å². The van der Waals surface area contributed by atoms with Crippen molar-refractivity contribution >= 4 is 12.6 Å². The Morgan fingerprint density at radius 3 is 2.62 bits per heavy atom. The lowest BCUT2D eigenvalue weighted by molar-refractivity contribution is 0.111. The van der Waals surface area contributed by atoms with Gasteiger partial charge < -0.3 is 4.74 Å². The third kappa shape index (κ3) is 2.23. The van der Waals surface area contributed by atoms with E-state index in [9.17, 15) is 9.59 Å². The van der Waals surface area contributed by atoms with Crippen molar-refractivity contribution in [2.75, 3.05) is 7.11 Å². The molecule has 0 aliphatic rings. The van der Waals surface area contributed by atoms with Crippen molar-refractivity contribution in [1.29, 1.82) is 0 Å². The van der Waals surface area contributed by atoms with E-state index in [0.717, 1.165) is 11.8 Å². The van der Waals surface area contributed by atoms with E-state index < -0.39 is 0 Å². The largest absolute Gasteiger partial charge is 0.380 e. The molecule has 1 rings (SSSR count). The fourth-order valence-corrected chi connectivity index (χ4v) is 1.08. The molecule has 0 fully saturated rings. The summed E-state index contributed by atoms with van der Waals surface area (Å²) in [6, 6.07) is 4.93. The molecule has 1 aromatic rings. The van der Waals surface area contributed by atoms with Crippen LogP contribution < -0.4 is 0 Å². The highest BCUT2D eigenvalue weighted by atomic mass is 16.5. The quantitative estimate of drug-likeness (QED) is 0.655. The lowest BCUT2D eigenvalue weighted by atomic mass is 10.1. The smallest absolute Gasteiger partial charge is 0.150 e. The SMILES string of the molecule is COCc1ccc(C=O)cc1C=O. The predicted octanol–water partition coefficient (Wildman–Crippen LogP) is 1.46. The second kappa shape index (κ2) is 4.52. The van der Waals surface area contributed by atoms with Crippen molar-refractivity contribution in [3.63, 3.8) is 0 Å². The Kier molecular flexibility index (Phi) is 3.34. The van der Waals surface area contributed by atoms with Crippen LogP contribution in [0.2, 0.25) is 0 Å². The first-order valence-electron chi connectivity index (χ1n) is 3.84. The molecular formula is C10H10O3. The highest BCUT2D eigenvalue weighted by Gasteiger charge is 2.01. The van der Waals surface area contributed by atoms with E-state index in [4.69, 9.17) is 4.74 Å². The number of rotatable bonds is 4. The van der Waals surface area contributed by atoms with Crippen LogP contribution in [0.4, 0.5) is 0 Å². The summed E-state index contributed by atoms with van der Waals surface area (Å²) in [4.78, 5) is 21.0. The van der Waals surface area contributed by atoms with Gasteiger partial charge in [-0.3, -0.25) is 9.59 Å². The monoisotopic (exact) mass is 178 g/mol. The molecule has 68 valence electrons. The second-order valence-electron chi connectivity index (χ2n) is 2.63. The van der Waals surface area contributed by atoms with Gasteiger partial charge in [0.05, 0.1) is 6.61 Å². The van der Waals surface area contributed by atoms with Crippen LogP contribution in [0.3, 0.4) is 0 Å².